The van der Waals surface area contributed by atoms with E-state index >= 15 is 0 Å². The Morgan fingerprint density at radius 1 is 1.21 bits per heavy atom. The number of hydrogen-bond acceptors (Lipinski definition) is 11. The van der Waals surface area contributed by atoms with Gasteiger partial charge in [-0.1, -0.05) is 0 Å². The van der Waals surface area contributed by atoms with Crippen LogP contribution >= 0.6 is 0 Å². The lowest BCUT2D eigenvalue weighted by molar-refractivity contribution is -0.148. The number of fused-ring (bicyclic) bond motifs is 3. The molecule has 3 aliphatic rings. The highest BCUT2D eigenvalue weighted by Crippen LogP contribution is 2.53. The van der Waals surface area contributed by atoms with Crippen LogP contribution in [0.15, 0.2) is 28.7 Å². The number of nitrogens with one attached hydrogen (secondary N) is 1. The van der Waals surface area contributed by atoms with Crippen LogP contribution in [0, 0.1) is 11.8 Å². The number of Topliss-reactive ketones (excluding diaryl/α,β-unsaturated/α-hetero) is 2. The van der Waals surface area contributed by atoms with Crippen molar-refractivity contribution in [2.24, 2.45) is 23.3 Å². The van der Waals surface area contributed by atoms with E-state index in [9.17, 15) is 34.8 Å². The number of nitrogens with zero attached hydrogens (tertiary/aromatic N) is 2. The van der Waals surface area contributed by atoms with Gasteiger partial charge in [0.15, 0.2) is 11.4 Å². The van der Waals surface area contributed by atoms with E-state index in [0.29, 0.717) is 23.4 Å². The number of allylic oxidation sites excluding steroid dienone is 1. The average Bonchev–Trinajstić information content (AvgIpc) is 2.81. The molecule has 12 nitrogen and oxygen atoms in total. The van der Waals surface area contributed by atoms with Gasteiger partial charge >= 0.3 is 0 Å². The average molecular weight is 544 g/mol. The van der Waals surface area contributed by atoms with Crippen LogP contribution in [-0.4, -0.2) is 95.2 Å². The molecule has 3 aliphatic carbocycles. The van der Waals surface area contributed by atoms with Crippen molar-refractivity contribution < 1.29 is 34.8 Å². The van der Waals surface area contributed by atoms with E-state index in [1.807, 2.05) is 25.9 Å². The zero-order valence-electron chi connectivity index (χ0n) is 22.8. The van der Waals surface area contributed by atoms with Gasteiger partial charge < -0.3 is 42.1 Å². The Balaban J connectivity index is 1.91. The molecule has 12 heteroatoms. The van der Waals surface area contributed by atoms with Gasteiger partial charge in [-0.2, -0.15) is 0 Å². The minimum Gasteiger partial charge on any atom is -0.510 e. The molecular formula is C27H37N5O7. The summed E-state index contributed by atoms with van der Waals surface area (Å²) in [5.41, 5.74) is 9.22. The molecule has 0 aliphatic heterocycles. The van der Waals surface area contributed by atoms with Crippen molar-refractivity contribution in [3.8, 4) is 5.75 Å². The van der Waals surface area contributed by atoms with Crippen LogP contribution in [0.5, 0.6) is 5.75 Å². The number of aliphatic hydroxyl groups is 3. The number of nitrogens with two attached hydrogens (primary N) is 2. The van der Waals surface area contributed by atoms with Crippen molar-refractivity contribution in [3.63, 3.8) is 0 Å². The fourth-order valence-corrected chi connectivity index (χ4v) is 6.32. The molecule has 5 atom stereocenters. The molecule has 0 saturated heterocycles. The summed E-state index contributed by atoms with van der Waals surface area (Å²) in [6.07, 6.45) is 0.264. The molecule has 0 heterocycles. The van der Waals surface area contributed by atoms with Crippen molar-refractivity contribution in [1.29, 1.82) is 0 Å². The Kier molecular flexibility index (Phi) is 7.28. The molecule has 1 amide bonds. The number of amides is 1. The van der Waals surface area contributed by atoms with Gasteiger partial charge in [0.1, 0.15) is 22.8 Å². The summed E-state index contributed by atoms with van der Waals surface area (Å²) in [7, 11) is 6.82. The summed E-state index contributed by atoms with van der Waals surface area (Å²) in [6.45, 7) is 2.53. The minimum atomic E-state index is -2.67. The zero-order valence-corrected chi connectivity index (χ0v) is 22.8. The van der Waals surface area contributed by atoms with Crippen LogP contribution in [0.2, 0.25) is 0 Å². The molecule has 0 aromatic heterocycles. The Hall–Kier alpha value is -3.45. The summed E-state index contributed by atoms with van der Waals surface area (Å²) in [5.74, 6) is -6.66. The highest BCUT2D eigenvalue weighted by Gasteiger charge is 2.63. The van der Waals surface area contributed by atoms with Crippen LogP contribution < -0.4 is 21.7 Å². The summed E-state index contributed by atoms with van der Waals surface area (Å²) in [6, 6.07) is 0.635. The van der Waals surface area contributed by atoms with Gasteiger partial charge in [-0.05, 0) is 51.4 Å². The van der Waals surface area contributed by atoms with Crippen molar-refractivity contribution in [2.75, 3.05) is 39.6 Å². The van der Waals surface area contributed by atoms with Crippen molar-refractivity contribution >= 4 is 23.2 Å². The number of likely N-dealkylation sites (N-methyl/N-ethyl adjacent to an activating group) is 1. The molecule has 39 heavy (non-hydrogen) atoms. The first kappa shape index (κ1) is 28.6. The second-order valence-corrected chi connectivity index (χ2v) is 11.2. The zero-order chi connectivity index (χ0) is 29.1. The van der Waals surface area contributed by atoms with Crippen LogP contribution in [0.3, 0.4) is 0 Å². The van der Waals surface area contributed by atoms with Gasteiger partial charge in [0, 0.05) is 56.0 Å². The normalized spacial score (nSPS) is 27.3. The third-order valence-corrected chi connectivity index (χ3v) is 8.04. The number of phenols is 1. The number of phenolic OH excluding ortho intramolecular Hbond substituents is 1. The smallest absolute Gasteiger partial charge is 0.255 e. The molecule has 0 saturated carbocycles. The second-order valence-electron chi connectivity index (χ2n) is 11.2. The van der Waals surface area contributed by atoms with Crippen molar-refractivity contribution in [2.45, 2.75) is 44.0 Å². The molecule has 0 bridgehead atoms. The van der Waals surface area contributed by atoms with Crippen LogP contribution in [-0.2, 0) is 22.6 Å². The third kappa shape index (κ3) is 4.27. The predicted octanol–water partition coefficient (Wildman–Crippen LogP) is -0.377. The van der Waals surface area contributed by atoms with Gasteiger partial charge in [-0.3, -0.25) is 19.3 Å². The van der Waals surface area contributed by atoms with E-state index in [1.54, 1.807) is 20.2 Å². The Bertz CT molecular complexity index is 1320. The van der Waals surface area contributed by atoms with Gasteiger partial charge in [-0.25, -0.2) is 0 Å². The fraction of sp³-hybridized carbons (Fsp3) is 0.519. The highest BCUT2D eigenvalue weighted by atomic mass is 16.3. The first-order chi connectivity index (χ1) is 18.1. The van der Waals surface area contributed by atoms with E-state index in [2.05, 4.69) is 5.32 Å². The van der Waals surface area contributed by atoms with Gasteiger partial charge in [0.05, 0.1) is 11.6 Å². The number of aliphatic hydroxyl groups excluding tert-OH is 2. The number of benzene rings is 1. The first-order valence-electron chi connectivity index (χ1n) is 12.8. The van der Waals surface area contributed by atoms with Gasteiger partial charge in [0.25, 0.3) is 5.91 Å². The summed E-state index contributed by atoms with van der Waals surface area (Å²) < 4.78 is 0. The number of hydrogen-bond donors (Lipinski definition) is 7. The van der Waals surface area contributed by atoms with E-state index in [4.69, 9.17) is 11.5 Å². The lowest BCUT2D eigenvalue weighted by Crippen LogP contribution is -2.63. The molecule has 0 fully saturated rings. The molecule has 4 rings (SSSR count). The molecule has 0 spiro atoms. The number of aromatic hydroxyl groups is 1. The molecule has 212 valence electrons. The minimum absolute atomic E-state index is 0.0143. The van der Waals surface area contributed by atoms with Crippen LogP contribution in [0.4, 0.5) is 5.69 Å². The molecule has 1 aromatic rings. The lowest BCUT2D eigenvalue weighted by atomic mass is 9.58. The number of anilines is 1. The van der Waals surface area contributed by atoms with Crippen molar-refractivity contribution in [3.05, 3.63) is 45.4 Å². The van der Waals surface area contributed by atoms with Crippen LogP contribution in [0.1, 0.15) is 34.8 Å². The third-order valence-electron chi connectivity index (χ3n) is 8.04. The molecule has 9 N–H and O–H groups in total. The maximum Gasteiger partial charge on any atom is 0.255 e. The standard InChI is InChI=1S/C27H37N5O7/c1-11(28)9-30-10-13-8-16(31(2)3)14-6-12-7-15-20(32(4)5)23(35)19(26(29)38)25(37)27(15,39)24(36)17(12)22(34)18(14)21(13)33/h8,11-12,15,20,30,33,35-36,39H,6-7,9-10,28H2,1-5H3,(H2,29,38)/t11?,12-,15-,20?,27-/m1/s1. The number of carbonyl (C=O) groups is 3. The van der Waals surface area contributed by atoms with E-state index in [0.717, 1.165) is 0 Å². The molecule has 2 unspecified atom stereocenters. The summed E-state index contributed by atoms with van der Waals surface area (Å²) >= 11 is 0. The van der Waals surface area contributed by atoms with Gasteiger partial charge in [-0.15, -0.1) is 0 Å². The summed E-state index contributed by atoms with van der Waals surface area (Å²) in [4.78, 5) is 42.9. The molecular weight excluding hydrogens is 506 g/mol. The van der Waals surface area contributed by atoms with Gasteiger partial charge in [0.2, 0.25) is 5.78 Å². The second kappa shape index (κ2) is 9.94. The molecule has 1 aromatic carbocycles. The Morgan fingerprint density at radius 2 is 1.85 bits per heavy atom. The number of primary amides is 1. The Morgan fingerprint density at radius 3 is 2.38 bits per heavy atom. The van der Waals surface area contributed by atoms with Crippen LogP contribution in [0.25, 0.3) is 0 Å². The topological polar surface area (TPSA) is 203 Å². The SMILES string of the molecule is CC(N)CNCc1cc(N(C)C)c2c(c1O)C(=O)C1=C(O)[C@@]3(O)C(=O)C(C(N)=O)=C(O)C(N(C)C)[C@H]3C[C@H]1C2. The quantitative estimate of drug-likeness (QED) is 0.221. The number of ketones is 2. The van der Waals surface area contributed by atoms with E-state index in [1.165, 1.54) is 4.90 Å². The maximum absolute atomic E-state index is 14.0. The van der Waals surface area contributed by atoms with E-state index < -0.39 is 58.0 Å². The monoisotopic (exact) mass is 543 g/mol. The fourth-order valence-electron chi connectivity index (χ4n) is 6.32. The highest BCUT2D eigenvalue weighted by molar-refractivity contribution is 6.24. The Labute approximate surface area is 226 Å². The summed E-state index contributed by atoms with van der Waals surface area (Å²) in [5, 5.41) is 48.4. The lowest BCUT2D eigenvalue weighted by Gasteiger charge is -2.50. The maximum atomic E-state index is 14.0. The number of carbonyl (C=O) groups excluding carboxylic acids is 3. The number of rotatable bonds is 7. The van der Waals surface area contributed by atoms with E-state index in [-0.39, 0.29) is 42.3 Å². The van der Waals surface area contributed by atoms with Crippen molar-refractivity contribution in [1.82, 2.24) is 10.2 Å². The largest absolute Gasteiger partial charge is 0.510 e. The molecule has 0 radical (unpaired) electrons. The predicted molar refractivity (Wildman–Crippen MR) is 143 cm³/mol. The first-order valence-corrected chi connectivity index (χ1v) is 12.8.